The molecule has 0 aromatic carbocycles. The summed E-state index contributed by atoms with van der Waals surface area (Å²) in [5.41, 5.74) is 1.32. The largest absolute Gasteiger partial charge is 0.396 e. The van der Waals surface area contributed by atoms with E-state index in [0.717, 1.165) is 37.8 Å². The number of pyridine rings is 1. The first-order valence-electron chi connectivity index (χ1n) is 11.1. The number of carbonyl (C=O) groups excluding carboxylic acids is 2. The van der Waals surface area contributed by atoms with Gasteiger partial charge in [0, 0.05) is 48.2 Å². The minimum Gasteiger partial charge on any atom is -0.396 e. The molecule has 5 rings (SSSR count). The zero-order valence-electron chi connectivity index (χ0n) is 17.3. The Morgan fingerprint density at radius 1 is 1.23 bits per heavy atom. The third kappa shape index (κ3) is 2.94. The highest BCUT2D eigenvalue weighted by molar-refractivity contribution is 5.91. The molecule has 0 unspecified atom stereocenters. The van der Waals surface area contributed by atoms with Gasteiger partial charge >= 0.3 is 0 Å². The summed E-state index contributed by atoms with van der Waals surface area (Å²) in [5, 5.41) is 13.4. The van der Waals surface area contributed by atoms with Gasteiger partial charge < -0.3 is 19.9 Å². The number of rotatable bonds is 5. The second-order valence-corrected chi connectivity index (χ2v) is 9.19. The molecular weight excluding hydrogens is 382 g/mol. The van der Waals surface area contributed by atoms with Crippen LogP contribution in [-0.2, 0) is 16.1 Å². The van der Waals surface area contributed by atoms with E-state index in [1.165, 1.54) is 0 Å². The second kappa shape index (κ2) is 7.38. The maximum atomic E-state index is 13.3. The Hall–Kier alpha value is -2.41. The molecule has 3 fully saturated rings. The Bertz CT molecular complexity index is 960. The summed E-state index contributed by atoms with van der Waals surface area (Å²) >= 11 is 0. The molecule has 1 saturated heterocycles. The first kappa shape index (κ1) is 19.5. The number of aliphatic hydroxyl groups is 1. The number of hydrogen-bond acceptors (Lipinski definition) is 4. The van der Waals surface area contributed by atoms with Crippen LogP contribution in [0.15, 0.2) is 23.0 Å². The van der Waals surface area contributed by atoms with Crippen molar-refractivity contribution in [3.63, 3.8) is 0 Å². The Balaban J connectivity index is 1.55. The van der Waals surface area contributed by atoms with Crippen LogP contribution in [0.3, 0.4) is 0 Å². The Labute approximate surface area is 175 Å². The molecule has 4 aliphatic rings. The van der Waals surface area contributed by atoms with Gasteiger partial charge in [0.2, 0.25) is 11.8 Å². The molecule has 1 aromatic heterocycles. The number of allylic oxidation sites excluding steroid dienone is 1. The predicted molar refractivity (Wildman–Crippen MR) is 111 cm³/mol. The maximum Gasteiger partial charge on any atom is 0.258 e. The Morgan fingerprint density at radius 3 is 2.60 bits per heavy atom. The van der Waals surface area contributed by atoms with Gasteiger partial charge in [-0.25, -0.2) is 0 Å². The minimum atomic E-state index is -0.669. The van der Waals surface area contributed by atoms with Crippen molar-refractivity contribution in [1.29, 1.82) is 0 Å². The first-order valence-corrected chi connectivity index (χ1v) is 11.1. The van der Waals surface area contributed by atoms with Crippen LogP contribution in [0.25, 0.3) is 6.08 Å². The Kier molecular flexibility index (Phi) is 4.81. The van der Waals surface area contributed by atoms with Crippen LogP contribution in [0.4, 0.5) is 0 Å². The molecule has 2 N–H and O–H groups in total. The van der Waals surface area contributed by atoms with E-state index in [2.05, 4.69) is 5.32 Å². The molecule has 2 aliphatic heterocycles. The molecule has 2 amide bonds. The number of likely N-dealkylation sites (tertiary alicyclic amines) is 1. The third-order valence-corrected chi connectivity index (χ3v) is 7.35. The fourth-order valence-electron chi connectivity index (χ4n) is 5.43. The van der Waals surface area contributed by atoms with Gasteiger partial charge in [0.25, 0.3) is 5.56 Å². The number of aliphatic hydroxyl groups excluding tert-OH is 1. The van der Waals surface area contributed by atoms with Crippen molar-refractivity contribution < 1.29 is 14.7 Å². The van der Waals surface area contributed by atoms with Crippen molar-refractivity contribution in [3.8, 4) is 0 Å². The van der Waals surface area contributed by atoms with E-state index in [1.54, 1.807) is 21.6 Å². The number of nitrogens with zero attached hydrogens (tertiary/aromatic N) is 2. The van der Waals surface area contributed by atoms with Crippen molar-refractivity contribution in [2.45, 2.75) is 63.7 Å². The second-order valence-electron chi connectivity index (χ2n) is 9.19. The van der Waals surface area contributed by atoms with Crippen LogP contribution in [-0.4, -0.2) is 45.1 Å². The number of fused-ring (bicyclic) bond motifs is 3. The SMILES string of the molecule is C/C=C/c1ccc2n(c1=O)C[C@H]1[C@H](CO)[C@@H](C(=O)NC3CCC3)N(C(=O)C3CC3)[C@@H]21. The van der Waals surface area contributed by atoms with Crippen LogP contribution in [0.5, 0.6) is 0 Å². The summed E-state index contributed by atoms with van der Waals surface area (Å²) in [6, 6.07) is 2.88. The summed E-state index contributed by atoms with van der Waals surface area (Å²) in [5.74, 6) is -0.703. The van der Waals surface area contributed by atoms with Gasteiger partial charge in [-0.1, -0.05) is 12.2 Å². The monoisotopic (exact) mass is 411 g/mol. The molecule has 7 heteroatoms. The van der Waals surface area contributed by atoms with E-state index in [4.69, 9.17) is 0 Å². The molecular formula is C23H29N3O4. The number of hydrogen-bond donors (Lipinski definition) is 2. The lowest BCUT2D eigenvalue weighted by Crippen LogP contribution is -2.54. The molecule has 2 aliphatic carbocycles. The standard InChI is InChI=1S/C23H29N3O4/c1-2-4-13-9-10-18-19-16(11-25(18)22(13)29)17(12-27)20(21(28)24-15-5-3-6-15)26(19)23(30)14-7-8-14/h2,4,9-10,14-17,19-20,27H,3,5-8,11-12H2,1H3,(H,24,28)/b4-2+/t16-,17-,19+,20-/m0/s1. The van der Waals surface area contributed by atoms with Gasteiger partial charge in [-0.05, 0) is 51.2 Å². The topological polar surface area (TPSA) is 91.6 Å². The zero-order valence-corrected chi connectivity index (χ0v) is 17.3. The van der Waals surface area contributed by atoms with Gasteiger partial charge in [-0.3, -0.25) is 14.4 Å². The molecule has 1 aromatic rings. The van der Waals surface area contributed by atoms with E-state index >= 15 is 0 Å². The average Bonchev–Trinajstić information content (AvgIpc) is 3.41. The van der Waals surface area contributed by atoms with E-state index in [0.29, 0.717) is 12.1 Å². The minimum absolute atomic E-state index is 0.00635. The van der Waals surface area contributed by atoms with Crippen LogP contribution >= 0.6 is 0 Å². The lowest BCUT2D eigenvalue weighted by Gasteiger charge is -2.34. The number of aromatic nitrogens is 1. The molecule has 7 nitrogen and oxygen atoms in total. The van der Waals surface area contributed by atoms with Crippen LogP contribution < -0.4 is 10.9 Å². The van der Waals surface area contributed by atoms with Gasteiger partial charge in [0.1, 0.15) is 6.04 Å². The van der Waals surface area contributed by atoms with E-state index in [9.17, 15) is 19.5 Å². The van der Waals surface area contributed by atoms with Crippen molar-refractivity contribution in [2.75, 3.05) is 6.61 Å². The fourth-order valence-corrected chi connectivity index (χ4v) is 5.43. The summed E-state index contributed by atoms with van der Waals surface area (Å²) in [4.78, 5) is 41.3. The summed E-state index contributed by atoms with van der Waals surface area (Å²) < 4.78 is 1.74. The summed E-state index contributed by atoms with van der Waals surface area (Å²) in [6.45, 7) is 2.12. The van der Waals surface area contributed by atoms with E-state index < -0.39 is 6.04 Å². The van der Waals surface area contributed by atoms with Crippen LogP contribution in [0, 0.1) is 17.8 Å². The quantitative estimate of drug-likeness (QED) is 0.767. The zero-order chi connectivity index (χ0) is 21.0. The first-order chi connectivity index (χ1) is 14.5. The molecule has 0 radical (unpaired) electrons. The number of nitrogens with one attached hydrogen (secondary N) is 1. The fraction of sp³-hybridized carbons (Fsp3) is 0.609. The van der Waals surface area contributed by atoms with Gasteiger partial charge in [0.15, 0.2) is 0 Å². The number of carbonyl (C=O) groups is 2. The van der Waals surface area contributed by atoms with E-state index in [-0.39, 0.29) is 53.8 Å². The molecule has 160 valence electrons. The smallest absolute Gasteiger partial charge is 0.258 e. The lowest BCUT2D eigenvalue weighted by atomic mass is 9.87. The van der Waals surface area contributed by atoms with Crippen molar-refractivity contribution in [1.82, 2.24) is 14.8 Å². The molecule has 4 atom stereocenters. The average molecular weight is 412 g/mol. The lowest BCUT2D eigenvalue weighted by molar-refractivity contribution is -0.143. The third-order valence-electron chi connectivity index (χ3n) is 7.35. The van der Waals surface area contributed by atoms with Crippen LogP contribution in [0.2, 0.25) is 0 Å². The van der Waals surface area contributed by atoms with Crippen molar-refractivity contribution >= 4 is 17.9 Å². The summed E-state index contributed by atoms with van der Waals surface area (Å²) in [7, 11) is 0. The van der Waals surface area contributed by atoms with Crippen molar-refractivity contribution in [2.24, 2.45) is 17.8 Å². The van der Waals surface area contributed by atoms with Crippen LogP contribution in [0.1, 0.15) is 56.3 Å². The predicted octanol–water partition coefficient (Wildman–Crippen LogP) is 1.45. The molecule has 3 heterocycles. The highest BCUT2D eigenvalue weighted by atomic mass is 16.3. The van der Waals surface area contributed by atoms with Gasteiger partial charge in [-0.15, -0.1) is 0 Å². The van der Waals surface area contributed by atoms with Crippen molar-refractivity contribution in [3.05, 3.63) is 39.8 Å². The normalized spacial score (nSPS) is 30.3. The van der Waals surface area contributed by atoms with Gasteiger partial charge in [-0.2, -0.15) is 0 Å². The molecule has 0 bridgehead atoms. The maximum absolute atomic E-state index is 13.3. The molecule has 30 heavy (non-hydrogen) atoms. The summed E-state index contributed by atoms with van der Waals surface area (Å²) in [6.07, 6.45) is 8.37. The van der Waals surface area contributed by atoms with E-state index in [1.807, 2.05) is 19.1 Å². The number of amides is 2. The highest BCUT2D eigenvalue weighted by Gasteiger charge is 2.58. The van der Waals surface area contributed by atoms with Gasteiger partial charge in [0.05, 0.1) is 6.04 Å². The molecule has 2 saturated carbocycles. The Morgan fingerprint density at radius 2 is 2.00 bits per heavy atom. The molecule has 0 spiro atoms. The highest BCUT2D eigenvalue weighted by Crippen LogP contribution is 2.51.